The van der Waals surface area contributed by atoms with Crippen molar-refractivity contribution in [2.75, 3.05) is 13.1 Å². The molecule has 2 aromatic rings. The fourth-order valence-electron chi connectivity index (χ4n) is 2.63. The topological polar surface area (TPSA) is 96.5 Å². The Morgan fingerprint density at radius 3 is 2.87 bits per heavy atom. The minimum Gasteiger partial charge on any atom is -0.379 e. The summed E-state index contributed by atoms with van der Waals surface area (Å²) in [6.45, 7) is 0.0899. The van der Waals surface area contributed by atoms with Gasteiger partial charge in [-0.2, -0.15) is 9.29 Å². The van der Waals surface area contributed by atoms with Crippen LogP contribution in [0.25, 0.3) is 0 Å². The largest absolute Gasteiger partial charge is 0.379 e. The zero-order valence-corrected chi connectivity index (χ0v) is 14.4. The molecule has 0 radical (unpaired) electrons. The highest BCUT2D eigenvalue weighted by molar-refractivity contribution is 7.91. The lowest BCUT2D eigenvalue weighted by molar-refractivity contribution is 0.0194. The molecule has 1 saturated carbocycles. The monoisotopic (exact) mass is 375 g/mol. The average molecular weight is 376 g/mol. The quantitative estimate of drug-likeness (QED) is 0.877. The van der Waals surface area contributed by atoms with Crippen molar-refractivity contribution < 1.29 is 18.0 Å². The highest BCUT2D eigenvalue weighted by Gasteiger charge is 2.47. The van der Waals surface area contributed by atoms with Crippen molar-refractivity contribution in [3.8, 4) is 0 Å². The van der Waals surface area contributed by atoms with Crippen LogP contribution < -0.4 is 0 Å². The van der Waals surface area contributed by atoms with Crippen LogP contribution in [0, 0.1) is 0 Å². The number of aromatic nitrogens is 2. The molecule has 0 bridgehead atoms. The first-order chi connectivity index (χ1) is 10.9. The molecule has 1 N–H and O–H groups in total. The number of sulfonamides is 1. The number of halogens is 1. The van der Waals surface area contributed by atoms with Gasteiger partial charge >= 0.3 is 0 Å². The zero-order valence-electron chi connectivity index (χ0n) is 12.0. The standard InChI is InChI=1S/C13H14ClN3O4S2/c14-9-3-4-10(22-9)23(19,20)17-6-5-13(18,7-17)12-15-11(16-21-12)8-1-2-8/h3-4,8,18H,1-2,5-7H2/t13-/m1/s1. The molecule has 2 aromatic heterocycles. The summed E-state index contributed by atoms with van der Waals surface area (Å²) < 4.78 is 32.2. The van der Waals surface area contributed by atoms with E-state index in [2.05, 4.69) is 10.1 Å². The lowest BCUT2D eigenvalue weighted by Crippen LogP contribution is -2.34. The molecule has 0 amide bonds. The van der Waals surface area contributed by atoms with Gasteiger partial charge in [-0.05, 0) is 25.0 Å². The molecule has 0 aromatic carbocycles. The number of aliphatic hydroxyl groups is 1. The number of nitrogens with zero attached hydrogens (tertiary/aromatic N) is 3. The summed E-state index contributed by atoms with van der Waals surface area (Å²) in [7, 11) is -3.68. The predicted octanol–water partition coefficient (Wildman–Crippen LogP) is 1.94. The summed E-state index contributed by atoms with van der Waals surface area (Å²) in [6, 6.07) is 3.01. The van der Waals surface area contributed by atoms with E-state index in [0.29, 0.717) is 16.1 Å². The third-order valence-corrected chi connectivity index (χ3v) is 7.68. The van der Waals surface area contributed by atoms with E-state index >= 15 is 0 Å². The van der Waals surface area contributed by atoms with E-state index in [1.165, 1.54) is 10.4 Å². The van der Waals surface area contributed by atoms with Gasteiger partial charge in [-0.3, -0.25) is 0 Å². The van der Waals surface area contributed by atoms with E-state index in [1.807, 2.05) is 0 Å². The van der Waals surface area contributed by atoms with Gasteiger partial charge in [0.05, 0.1) is 10.9 Å². The molecule has 4 rings (SSSR count). The third-order valence-electron chi connectivity index (χ3n) is 4.14. The predicted molar refractivity (Wildman–Crippen MR) is 82.9 cm³/mol. The first-order valence-corrected chi connectivity index (χ1v) is 9.84. The van der Waals surface area contributed by atoms with Crippen LogP contribution in [-0.4, -0.2) is 41.1 Å². The highest BCUT2D eigenvalue weighted by atomic mass is 35.5. The average Bonchev–Trinajstić information content (AvgIpc) is 2.93. The van der Waals surface area contributed by atoms with E-state index in [-0.39, 0.29) is 29.6 Å². The van der Waals surface area contributed by atoms with Crippen molar-refractivity contribution in [1.29, 1.82) is 0 Å². The summed E-state index contributed by atoms with van der Waals surface area (Å²) in [5, 5.41) is 14.6. The van der Waals surface area contributed by atoms with Gasteiger partial charge in [0.1, 0.15) is 4.21 Å². The minimum atomic E-state index is -3.68. The van der Waals surface area contributed by atoms with Crippen molar-refractivity contribution in [2.24, 2.45) is 0 Å². The smallest absolute Gasteiger partial charge is 0.260 e. The van der Waals surface area contributed by atoms with E-state index in [1.54, 1.807) is 6.07 Å². The molecule has 7 nitrogen and oxygen atoms in total. The second kappa shape index (κ2) is 5.25. The summed E-state index contributed by atoms with van der Waals surface area (Å²) >= 11 is 6.81. The molecule has 0 unspecified atom stereocenters. The van der Waals surface area contributed by atoms with Crippen LogP contribution in [0.2, 0.25) is 4.34 Å². The van der Waals surface area contributed by atoms with Crippen molar-refractivity contribution in [3.05, 3.63) is 28.2 Å². The Hall–Kier alpha value is -1.00. The number of hydrogen-bond acceptors (Lipinski definition) is 7. The molecule has 1 atom stereocenters. The van der Waals surface area contributed by atoms with E-state index < -0.39 is 15.6 Å². The molecular weight excluding hydrogens is 362 g/mol. The van der Waals surface area contributed by atoms with Crippen LogP contribution in [-0.2, 0) is 15.6 Å². The number of β-amino-alcohol motifs (C(OH)–C–C–N with tert-alkyl or cyclic N) is 1. The van der Waals surface area contributed by atoms with Crippen molar-refractivity contribution in [3.63, 3.8) is 0 Å². The van der Waals surface area contributed by atoms with Crippen LogP contribution >= 0.6 is 22.9 Å². The first kappa shape index (κ1) is 15.5. The Kier molecular flexibility index (Phi) is 3.54. The van der Waals surface area contributed by atoms with E-state index in [0.717, 1.165) is 24.2 Å². The van der Waals surface area contributed by atoms with E-state index in [9.17, 15) is 13.5 Å². The maximum Gasteiger partial charge on any atom is 0.260 e. The Morgan fingerprint density at radius 2 is 2.22 bits per heavy atom. The lowest BCUT2D eigenvalue weighted by atomic mass is 10.0. The van der Waals surface area contributed by atoms with Crippen LogP contribution in [0.3, 0.4) is 0 Å². The molecule has 1 aliphatic heterocycles. The Morgan fingerprint density at radius 1 is 1.43 bits per heavy atom. The first-order valence-electron chi connectivity index (χ1n) is 7.20. The summed E-state index contributed by atoms with van der Waals surface area (Å²) in [4.78, 5) is 4.25. The molecule has 3 heterocycles. The lowest BCUT2D eigenvalue weighted by Gasteiger charge is -2.19. The van der Waals surface area contributed by atoms with Gasteiger partial charge in [-0.25, -0.2) is 8.42 Å². The maximum absolute atomic E-state index is 12.6. The molecule has 10 heteroatoms. The van der Waals surface area contributed by atoms with Gasteiger partial charge in [-0.15, -0.1) is 11.3 Å². The Labute approximate surface area is 141 Å². The second-order valence-electron chi connectivity index (χ2n) is 5.91. The minimum absolute atomic E-state index is 0.0984. The van der Waals surface area contributed by atoms with Gasteiger partial charge in [-0.1, -0.05) is 16.8 Å². The Balaban J connectivity index is 1.57. The summed E-state index contributed by atoms with van der Waals surface area (Å²) in [6.07, 6.45) is 2.27. The van der Waals surface area contributed by atoms with Crippen LogP contribution in [0.1, 0.15) is 36.9 Å². The molecule has 0 spiro atoms. The Bertz CT molecular complexity index is 845. The molecule has 1 saturated heterocycles. The van der Waals surface area contributed by atoms with Gasteiger partial charge < -0.3 is 9.63 Å². The van der Waals surface area contributed by atoms with Crippen molar-refractivity contribution in [2.45, 2.75) is 35.0 Å². The molecular formula is C13H14ClN3O4S2. The zero-order chi connectivity index (χ0) is 16.2. The highest BCUT2D eigenvalue weighted by Crippen LogP contribution is 2.40. The van der Waals surface area contributed by atoms with Crippen LogP contribution in [0.4, 0.5) is 0 Å². The van der Waals surface area contributed by atoms with Gasteiger partial charge in [0.15, 0.2) is 11.4 Å². The fraction of sp³-hybridized carbons (Fsp3) is 0.538. The fourth-order valence-corrected chi connectivity index (χ4v) is 5.76. The molecule has 124 valence electrons. The number of hydrogen-bond donors (Lipinski definition) is 1. The summed E-state index contributed by atoms with van der Waals surface area (Å²) in [5.41, 5.74) is -1.44. The molecule has 2 fully saturated rings. The third kappa shape index (κ3) is 2.70. The van der Waals surface area contributed by atoms with Gasteiger partial charge in [0.2, 0.25) is 0 Å². The molecule has 2 aliphatic rings. The van der Waals surface area contributed by atoms with Crippen molar-refractivity contribution in [1.82, 2.24) is 14.4 Å². The maximum atomic E-state index is 12.6. The van der Waals surface area contributed by atoms with Gasteiger partial charge in [0.25, 0.3) is 15.9 Å². The van der Waals surface area contributed by atoms with Crippen LogP contribution in [0.5, 0.6) is 0 Å². The van der Waals surface area contributed by atoms with Crippen LogP contribution in [0.15, 0.2) is 20.9 Å². The normalized spacial score (nSPS) is 26.0. The van der Waals surface area contributed by atoms with Crippen molar-refractivity contribution >= 4 is 33.0 Å². The molecule has 23 heavy (non-hydrogen) atoms. The molecule has 1 aliphatic carbocycles. The van der Waals surface area contributed by atoms with E-state index in [4.69, 9.17) is 16.1 Å². The summed E-state index contributed by atoms with van der Waals surface area (Å²) in [5.74, 6) is 1.01. The number of rotatable bonds is 4. The SMILES string of the molecule is O=S(=O)(c1ccc(Cl)s1)N1CC[C@](O)(c2nc(C3CC3)no2)C1. The van der Waals surface area contributed by atoms with Gasteiger partial charge in [0, 0.05) is 18.9 Å². The second-order valence-corrected chi connectivity index (χ2v) is 9.79. The number of thiophene rings is 1.